The molecule has 4 fully saturated rings. The molecule has 8 rings (SSSR count). The summed E-state index contributed by atoms with van der Waals surface area (Å²) >= 11 is 0. The Kier molecular flexibility index (Phi) is 12.4. The Hall–Kier alpha value is -4.95. The molecule has 64 heavy (non-hydrogen) atoms. The van der Waals surface area contributed by atoms with Gasteiger partial charge in [-0.05, 0) is 84.7 Å². The Morgan fingerprint density at radius 2 is 1.55 bits per heavy atom. The van der Waals surface area contributed by atoms with Crippen molar-refractivity contribution in [2.75, 3.05) is 13.3 Å². The van der Waals surface area contributed by atoms with Gasteiger partial charge in [0.1, 0.15) is 29.8 Å². The summed E-state index contributed by atoms with van der Waals surface area (Å²) in [4.78, 5) is 74.3. The van der Waals surface area contributed by atoms with Crippen LogP contribution >= 0.6 is 0 Å². The smallest absolute Gasteiger partial charge is 0.410 e. The van der Waals surface area contributed by atoms with Crippen LogP contribution in [0.15, 0.2) is 47.4 Å². The first-order valence-electron chi connectivity index (χ1n) is 22.2. The maximum absolute atomic E-state index is 15.0. The quantitative estimate of drug-likeness (QED) is 0.214. The lowest BCUT2D eigenvalue weighted by atomic mass is 9.82. The third-order valence-electron chi connectivity index (χ3n) is 13.5. The van der Waals surface area contributed by atoms with Crippen molar-refractivity contribution in [1.29, 1.82) is 0 Å². The monoisotopic (exact) mass is 926 g/mol. The van der Waals surface area contributed by atoms with Gasteiger partial charge in [-0.1, -0.05) is 71.6 Å². The Morgan fingerprint density at radius 1 is 0.906 bits per heavy atom. The Bertz CT molecular complexity index is 2370. The third-order valence-corrected chi connectivity index (χ3v) is 16.8. The SMILES string of the molecule is CC[C@H]1C[C@@]1(NC(=O)C1C[C@@H](OC(=O)N2Cc3cc4c(cc3C2)OCO4)CN1C(=O)[C@@H](NC(=O)[C@@H](NS(=O)(=O)c1ccccc1)C1CCCCC1)C(C)(C)C)C(=O)NS(=O)(=O)C1CC1. The highest BCUT2D eigenvalue weighted by Crippen LogP contribution is 2.47. The van der Waals surface area contributed by atoms with Crippen molar-refractivity contribution < 1.29 is 55.0 Å². The van der Waals surface area contributed by atoms with Crippen LogP contribution in [0, 0.1) is 17.3 Å². The predicted molar refractivity (Wildman–Crippen MR) is 230 cm³/mol. The second kappa shape index (κ2) is 17.5. The average Bonchev–Trinajstić information content (AvgIpc) is 4.09. The fourth-order valence-corrected chi connectivity index (χ4v) is 12.2. The van der Waals surface area contributed by atoms with Crippen molar-refractivity contribution >= 4 is 49.8 Å². The minimum absolute atomic E-state index is 0.0133. The van der Waals surface area contributed by atoms with E-state index in [9.17, 15) is 36.0 Å². The Balaban J connectivity index is 1.05. The summed E-state index contributed by atoms with van der Waals surface area (Å²) < 4.78 is 74.9. The van der Waals surface area contributed by atoms with Gasteiger partial charge in [0, 0.05) is 19.5 Å². The van der Waals surface area contributed by atoms with Crippen LogP contribution < -0.4 is 29.6 Å². The number of carbonyl (C=O) groups excluding carboxylic acids is 5. The van der Waals surface area contributed by atoms with Crippen molar-refractivity contribution in [3.63, 3.8) is 0 Å². The second-order valence-corrected chi connectivity index (χ2v) is 22.8. The van der Waals surface area contributed by atoms with E-state index in [4.69, 9.17) is 14.2 Å². The van der Waals surface area contributed by atoms with Crippen LogP contribution in [0.5, 0.6) is 11.5 Å². The number of nitrogens with one attached hydrogen (secondary N) is 4. The van der Waals surface area contributed by atoms with Gasteiger partial charge in [0.05, 0.1) is 16.7 Å². The molecule has 6 atom stereocenters. The predicted octanol–water partition coefficient (Wildman–Crippen LogP) is 3.19. The summed E-state index contributed by atoms with van der Waals surface area (Å²) in [6.45, 7) is 7.31. The van der Waals surface area contributed by atoms with E-state index >= 15 is 4.79 Å². The summed E-state index contributed by atoms with van der Waals surface area (Å²) in [6, 6.07) is 7.52. The first-order valence-corrected chi connectivity index (χ1v) is 25.3. The Labute approximate surface area is 374 Å². The van der Waals surface area contributed by atoms with Crippen molar-refractivity contribution in [1.82, 2.24) is 29.9 Å². The molecule has 348 valence electrons. The van der Waals surface area contributed by atoms with Gasteiger partial charge in [-0.2, -0.15) is 4.72 Å². The standard InChI is InChI=1S/C44H58N6O12S2/c1-5-29-21-44(29,41(54)48-64(58,59)32-16-17-32)46-38(51)33-20-30(62-42(55)49-22-27-18-34-35(61-25-60-34)19-28(27)23-49)24-50(33)40(53)37(43(2,3)4)45-39(52)36(26-12-8-6-9-13-26)47-63(56,57)31-14-10-7-11-15-31/h7,10-11,14-15,18-19,26,29-30,32-33,36-37,47H,5-6,8-9,12-13,16-17,20-25H2,1-4H3,(H,45,52)(H,46,51)(H,48,54)/t29-,30+,33?,36-,37+,44-/m0/s1. The molecule has 3 aliphatic carbocycles. The molecule has 0 radical (unpaired) electrons. The molecule has 1 saturated heterocycles. The van der Waals surface area contributed by atoms with Gasteiger partial charge in [-0.3, -0.25) is 28.8 Å². The normalized spacial score (nSPS) is 25.2. The molecule has 0 spiro atoms. The number of hydrogen-bond donors (Lipinski definition) is 4. The molecule has 5 amide bonds. The molecule has 1 unspecified atom stereocenters. The molecule has 3 heterocycles. The summed E-state index contributed by atoms with van der Waals surface area (Å²) in [6.07, 6.45) is 3.36. The largest absolute Gasteiger partial charge is 0.454 e. The van der Waals surface area contributed by atoms with Gasteiger partial charge in [0.25, 0.3) is 5.91 Å². The number of sulfonamides is 2. The number of rotatable bonds is 14. The summed E-state index contributed by atoms with van der Waals surface area (Å²) in [7, 11) is -8.11. The molecule has 0 aromatic heterocycles. The van der Waals surface area contributed by atoms with Gasteiger partial charge in [0.15, 0.2) is 11.5 Å². The lowest BCUT2D eigenvalue weighted by Crippen LogP contribution is -2.62. The van der Waals surface area contributed by atoms with E-state index in [1.165, 1.54) is 21.9 Å². The van der Waals surface area contributed by atoms with Crippen LogP contribution in [0.4, 0.5) is 4.79 Å². The zero-order chi connectivity index (χ0) is 45.8. The molecule has 0 bridgehead atoms. The van der Waals surface area contributed by atoms with E-state index in [0.29, 0.717) is 43.6 Å². The lowest BCUT2D eigenvalue weighted by molar-refractivity contribution is -0.145. The molecule has 3 aliphatic heterocycles. The highest BCUT2D eigenvalue weighted by atomic mass is 32.2. The van der Waals surface area contributed by atoms with E-state index in [-0.39, 0.29) is 56.0 Å². The maximum atomic E-state index is 15.0. The fourth-order valence-electron chi connectivity index (χ4n) is 9.52. The number of benzene rings is 2. The van der Waals surface area contributed by atoms with Crippen LogP contribution in [0.1, 0.15) is 103 Å². The molecular formula is C44H58N6O12S2. The van der Waals surface area contributed by atoms with Crippen molar-refractivity contribution in [2.45, 2.75) is 145 Å². The Morgan fingerprint density at radius 3 is 2.12 bits per heavy atom. The molecule has 3 saturated carbocycles. The number of carbonyl (C=O) groups is 5. The summed E-state index contributed by atoms with van der Waals surface area (Å²) in [5.41, 5.74) is -0.835. The molecule has 4 N–H and O–H groups in total. The highest BCUT2D eigenvalue weighted by Gasteiger charge is 2.62. The number of hydrogen-bond acceptors (Lipinski definition) is 12. The van der Waals surface area contributed by atoms with Gasteiger partial charge in [0.2, 0.25) is 44.6 Å². The van der Waals surface area contributed by atoms with Crippen molar-refractivity contribution in [3.8, 4) is 11.5 Å². The van der Waals surface area contributed by atoms with Crippen LogP contribution in [-0.4, -0.2) is 105 Å². The second-order valence-electron chi connectivity index (χ2n) is 19.1. The van der Waals surface area contributed by atoms with Crippen LogP contribution in [0.3, 0.4) is 0 Å². The number of nitrogens with zero attached hydrogens (tertiary/aromatic N) is 2. The summed E-state index contributed by atoms with van der Waals surface area (Å²) in [5.74, 6) is -2.57. The highest BCUT2D eigenvalue weighted by molar-refractivity contribution is 7.91. The van der Waals surface area contributed by atoms with E-state index in [2.05, 4.69) is 20.1 Å². The van der Waals surface area contributed by atoms with E-state index in [1.807, 2.05) is 19.1 Å². The molecule has 18 nitrogen and oxygen atoms in total. The molecule has 2 aromatic carbocycles. The van der Waals surface area contributed by atoms with Crippen LogP contribution in [-0.2, 0) is 57.1 Å². The first-order chi connectivity index (χ1) is 30.3. The minimum Gasteiger partial charge on any atom is -0.454 e. The zero-order valence-electron chi connectivity index (χ0n) is 36.6. The molecule has 2 aromatic rings. The number of amides is 5. The van der Waals surface area contributed by atoms with Crippen molar-refractivity contribution in [3.05, 3.63) is 53.6 Å². The first kappa shape index (κ1) is 45.6. The van der Waals surface area contributed by atoms with E-state index in [1.54, 1.807) is 39.0 Å². The molecule has 20 heteroatoms. The van der Waals surface area contributed by atoms with E-state index < -0.39 is 90.2 Å². The fraction of sp³-hybridized carbons (Fsp3) is 0.614. The van der Waals surface area contributed by atoms with Crippen LogP contribution in [0.2, 0.25) is 0 Å². The summed E-state index contributed by atoms with van der Waals surface area (Å²) in [5, 5.41) is 5.01. The third kappa shape index (κ3) is 9.40. The van der Waals surface area contributed by atoms with Gasteiger partial charge >= 0.3 is 6.09 Å². The lowest BCUT2D eigenvalue weighted by Gasteiger charge is -2.37. The van der Waals surface area contributed by atoms with Crippen molar-refractivity contribution in [2.24, 2.45) is 17.3 Å². The zero-order valence-corrected chi connectivity index (χ0v) is 38.2. The van der Waals surface area contributed by atoms with Crippen LogP contribution in [0.25, 0.3) is 0 Å². The number of fused-ring (bicyclic) bond motifs is 2. The molecular weight excluding hydrogens is 869 g/mol. The van der Waals surface area contributed by atoms with E-state index in [0.717, 1.165) is 30.4 Å². The minimum atomic E-state index is -4.16. The van der Waals surface area contributed by atoms with Gasteiger partial charge in [-0.25, -0.2) is 21.6 Å². The topological polar surface area (TPSA) is 236 Å². The van der Waals surface area contributed by atoms with Gasteiger partial charge < -0.3 is 29.7 Å². The van der Waals surface area contributed by atoms with Gasteiger partial charge in [-0.15, -0.1) is 0 Å². The maximum Gasteiger partial charge on any atom is 0.410 e. The average molecular weight is 927 g/mol. The number of likely N-dealkylation sites (tertiary alicyclic amines) is 1. The molecule has 6 aliphatic rings. The number of ether oxygens (including phenoxy) is 3.